The lowest BCUT2D eigenvalue weighted by Crippen LogP contribution is -2.40. The lowest BCUT2D eigenvalue weighted by Gasteiger charge is -2.30. The van der Waals surface area contributed by atoms with E-state index in [1.165, 1.54) is 6.92 Å². The van der Waals surface area contributed by atoms with Gasteiger partial charge in [0.15, 0.2) is 11.5 Å². The van der Waals surface area contributed by atoms with Gasteiger partial charge in [-0.25, -0.2) is 0 Å². The van der Waals surface area contributed by atoms with Crippen molar-refractivity contribution >= 4 is 29.1 Å². The van der Waals surface area contributed by atoms with E-state index < -0.39 is 0 Å². The average Bonchev–Trinajstić information content (AvgIpc) is 3.22. The van der Waals surface area contributed by atoms with E-state index >= 15 is 0 Å². The lowest BCUT2D eigenvalue weighted by molar-refractivity contribution is -0.132. The number of hydrogen-bond acceptors (Lipinski definition) is 5. The highest BCUT2D eigenvalue weighted by Gasteiger charge is 2.27. The molecule has 30 heavy (non-hydrogen) atoms. The van der Waals surface area contributed by atoms with Crippen LogP contribution >= 0.6 is 0 Å². The first-order valence-corrected chi connectivity index (χ1v) is 9.87. The van der Waals surface area contributed by atoms with Gasteiger partial charge in [-0.3, -0.25) is 14.4 Å². The molecule has 2 aromatic rings. The van der Waals surface area contributed by atoms with Crippen molar-refractivity contribution in [3.8, 4) is 11.5 Å². The summed E-state index contributed by atoms with van der Waals surface area (Å²) in [6, 6.07) is 12.0. The fourth-order valence-corrected chi connectivity index (χ4v) is 3.65. The molecule has 2 N–H and O–H groups in total. The van der Waals surface area contributed by atoms with Crippen LogP contribution in [0.4, 0.5) is 11.4 Å². The van der Waals surface area contributed by atoms with Crippen LogP contribution in [0.1, 0.15) is 30.1 Å². The van der Waals surface area contributed by atoms with E-state index in [4.69, 9.17) is 9.47 Å². The predicted octanol–water partition coefficient (Wildman–Crippen LogP) is 2.86. The Morgan fingerprint density at radius 3 is 2.47 bits per heavy atom. The topological polar surface area (TPSA) is 97.0 Å². The first-order chi connectivity index (χ1) is 14.5. The summed E-state index contributed by atoms with van der Waals surface area (Å²) in [5, 5.41) is 5.71. The van der Waals surface area contributed by atoms with Crippen LogP contribution in [0.3, 0.4) is 0 Å². The van der Waals surface area contributed by atoms with Crippen LogP contribution < -0.4 is 20.1 Å². The largest absolute Gasteiger partial charge is 0.454 e. The summed E-state index contributed by atoms with van der Waals surface area (Å²) in [5.41, 5.74) is 1.39. The Kier molecular flexibility index (Phi) is 5.56. The number of hydrogen-bond donors (Lipinski definition) is 2. The zero-order chi connectivity index (χ0) is 21.1. The van der Waals surface area contributed by atoms with Crippen LogP contribution in [0.5, 0.6) is 11.5 Å². The van der Waals surface area contributed by atoms with Crippen LogP contribution in [0.2, 0.25) is 0 Å². The van der Waals surface area contributed by atoms with Gasteiger partial charge in [-0.1, -0.05) is 12.1 Å². The van der Waals surface area contributed by atoms with Gasteiger partial charge in [-0.2, -0.15) is 0 Å². The number of benzene rings is 2. The standard InChI is InChI=1S/C22H23N3O5/c1-14(26)25-10-8-15(9-11-25)21(27)24-18-5-3-2-4-17(18)22(28)23-16-6-7-19-20(12-16)30-13-29-19/h2-7,12,15H,8-11,13H2,1H3,(H,23,28)(H,24,27). The normalized spacial score (nSPS) is 15.6. The number of rotatable bonds is 4. The van der Waals surface area contributed by atoms with Crippen LogP contribution in [0.15, 0.2) is 42.5 Å². The van der Waals surface area contributed by atoms with Gasteiger partial charge in [0, 0.05) is 37.7 Å². The summed E-state index contributed by atoms with van der Waals surface area (Å²) in [6.07, 6.45) is 1.22. The second-order valence-corrected chi connectivity index (χ2v) is 7.34. The number of anilines is 2. The van der Waals surface area contributed by atoms with E-state index in [0.29, 0.717) is 54.4 Å². The smallest absolute Gasteiger partial charge is 0.257 e. The van der Waals surface area contributed by atoms with Crippen molar-refractivity contribution in [1.82, 2.24) is 4.90 Å². The van der Waals surface area contributed by atoms with Crippen LogP contribution in [-0.2, 0) is 9.59 Å². The Hall–Kier alpha value is -3.55. The number of carbonyl (C=O) groups is 3. The number of likely N-dealkylation sites (tertiary alicyclic amines) is 1. The molecule has 2 heterocycles. The van der Waals surface area contributed by atoms with Gasteiger partial charge >= 0.3 is 0 Å². The summed E-state index contributed by atoms with van der Waals surface area (Å²) >= 11 is 0. The van der Waals surface area contributed by atoms with E-state index in [1.807, 2.05) is 0 Å². The summed E-state index contributed by atoms with van der Waals surface area (Å²) < 4.78 is 10.6. The van der Waals surface area contributed by atoms with E-state index in [2.05, 4.69) is 10.6 Å². The Morgan fingerprint density at radius 2 is 1.70 bits per heavy atom. The second-order valence-electron chi connectivity index (χ2n) is 7.34. The molecule has 2 aliphatic heterocycles. The fraction of sp³-hybridized carbons (Fsp3) is 0.318. The summed E-state index contributed by atoms with van der Waals surface area (Å²) in [7, 11) is 0. The predicted molar refractivity (Wildman–Crippen MR) is 111 cm³/mol. The second kappa shape index (κ2) is 8.44. The molecule has 156 valence electrons. The molecule has 2 aromatic carbocycles. The number of amides is 3. The van der Waals surface area contributed by atoms with E-state index in [1.54, 1.807) is 47.4 Å². The first-order valence-electron chi connectivity index (χ1n) is 9.87. The zero-order valence-electron chi connectivity index (χ0n) is 16.6. The number of nitrogens with zero attached hydrogens (tertiary/aromatic N) is 1. The average molecular weight is 409 g/mol. The molecule has 1 fully saturated rings. The molecule has 0 bridgehead atoms. The molecule has 2 aliphatic rings. The number of nitrogens with one attached hydrogen (secondary N) is 2. The van der Waals surface area contributed by atoms with Gasteiger partial charge in [0.2, 0.25) is 18.6 Å². The van der Waals surface area contributed by atoms with Crippen molar-refractivity contribution in [3.05, 3.63) is 48.0 Å². The monoisotopic (exact) mass is 409 g/mol. The maximum absolute atomic E-state index is 12.8. The number of ether oxygens (including phenoxy) is 2. The quantitative estimate of drug-likeness (QED) is 0.809. The van der Waals surface area contributed by atoms with E-state index in [-0.39, 0.29) is 30.4 Å². The minimum absolute atomic E-state index is 0.0272. The molecule has 1 saturated heterocycles. The van der Waals surface area contributed by atoms with Crippen molar-refractivity contribution < 1.29 is 23.9 Å². The molecule has 0 aromatic heterocycles. The molecule has 8 nitrogen and oxygen atoms in total. The first kappa shape index (κ1) is 19.8. The molecule has 0 saturated carbocycles. The lowest BCUT2D eigenvalue weighted by atomic mass is 9.95. The SMILES string of the molecule is CC(=O)N1CCC(C(=O)Nc2ccccc2C(=O)Nc2ccc3c(c2)OCO3)CC1. The fourth-order valence-electron chi connectivity index (χ4n) is 3.65. The highest BCUT2D eigenvalue weighted by Crippen LogP contribution is 2.34. The van der Waals surface area contributed by atoms with Crippen molar-refractivity contribution in [2.75, 3.05) is 30.5 Å². The molecular weight excluding hydrogens is 386 g/mol. The van der Waals surface area contributed by atoms with Crippen molar-refractivity contribution in [2.24, 2.45) is 5.92 Å². The van der Waals surface area contributed by atoms with Gasteiger partial charge in [0.1, 0.15) is 0 Å². The summed E-state index contributed by atoms with van der Waals surface area (Å²) in [4.78, 5) is 38.8. The van der Waals surface area contributed by atoms with Gasteiger partial charge in [-0.15, -0.1) is 0 Å². The summed E-state index contributed by atoms with van der Waals surface area (Å²) in [6.45, 7) is 2.83. The molecule has 3 amide bonds. The minimum Gasteiger partial charge on any atom is -0.454 e. The van der Waals surface area contributed by atoms with Crippen molar-refractivity contribution in [2.45, 2.75) is 19.8 Å². The molecule has 0 radical (unpaired) electrons. The van der Waals surface area contributed by atoms with Crippen molar-refractivity contribution in [3.63, 3.8) is 0 Å². The highest BCUT2D eigenvalue weighted by atomic mass is 16.7. The molecule has 8 heteroatoms. The maximum Gasteiger partial charge on any atom is 0.257 e. The number of fused-ring (bicyclic) bond motifs is 1. The van der Waals surface area contributed by atoms with Gasteiger partial charge in [-0.05, 0) is 37.1 Å². The van der Waals surface area contributed by atoms with Crippen LogP contribution in [0.25, 0.3) is 0 Å². The molecule has 4 rings (SSSR count). The number of carbonyl (C=O) groups excluding carboxylic acids is 3. The minimum atomic E-state index is -0.337. The number of piperidine rings is 1. The van der Waals surface area contributed by atoms with Crippen molar-refractivity contribution in [1.29, 1.82) is 0 Å². The Morgan fingerprint density at radius 1 is 0.967 bits per heavy atom. The third kappa shape index (κ3) is 4.22. The third-order valence-corrected chi connectivity index (χ3v) is 5.37. The molecule has 0 aliphatic carbocycles. The molecule has 0 atom stereocenters. The Bertz CT molecular complexity index is 982. The van der Waals surface area contributed by atoms with E-state index in [9.17, 15) is 14.4 Å². The van der Waals surface area contributed by atoms with Crippen LogP contribution in [-0.4, -0.2) is 42.5 Å². The van der Waals surface area contributed by atoms with Gasteiger partial charge in [0.05, 0.1) is 11.3 Å². The van der Waals surface area contributed by atoms with Gasteiger partial charge < -0.3 is 25.0 Å². The highest BCUT2D eigenvalue weighted by molar-refractivity contribution is 6.10. The molecule has 0 unspecified atom stereocenters. The number of para-hydroxylation sites is 1. The summed E-state index contributed by atoms with van der Waals surface area (Å²) in [5.74, 6) is 0.574. The maximum atomic E-state index is 12.8. The Labute approximate surface area is 174 Å². The van der Waals surface area contributed by atoms with Gasteiger partial charge in [0.25, 0.3) is 5.91 Å². The zero-order valence-corrected chi connectivity index (χ0v) is 16.6. The Balaban J connectivity index is 1.43. The third-order valence-electron chi connectivity index (χ3n) is 5.37. The van der Waals surface area contributed by atoms with E-state index in [0.717, 1.165) is 0 Å². The molecule has 0 spiro atoms. The van der Waals surface area contributed by atoms with Crippen LogP contribution in [0, 0.1) is 5.92 Å². The molecular formula is C22H23N3O5.